The molecule has 1 amide bonds. The van der Waals surface area contributed by atoms with Gasteiger partial charge in [-0.3, -0.25) is 9.63 Å². The summed E-state index contributed by atoms with van der Waals surface area (Å²) in [5.41, 5.74) is 0.913. The molecule has 19 heavy (non-hydrogen) atoms. The molecule has 3 rings (SSSR count). The number of carbonyl (C=O) groups excluding carboxylic acids is 2. The minimum absolute atomic E-state index is 0.0169. The number of esters is 1. The van der Waals surface area contributed by atoms with Crippen molar-refractivity contribution in [2.45, 2.75) is 18.6 Å². The molecule has 1 aliphatic carbocycles. The average Bonchev–Trinajstić information content (AvgIpc) is 3.08. The van der Waals surface area contributed by atoms with Crippen LogP contribution in [0.15, 0.2) is 36.4 Å². The number of hydrogen-bond donors (Lipinski definition) is 0. The summed E-state index contributed by atoms with van der Waals surface area (Å²) >= 11 is 0. The van der Waals surface area contributed by atoms with E-state index in [2.05, 4.69) is 4.74 Å². The van der Waals surface area contributed by atoms with Gasteiger partial charge in [-0.05, 0) is 24.3 Å². The van der Waals surface area contributed by atoms with Crippen LogP contribution in [0.1, 0.15) is 27.1 Å². The van der Waals surface area contributed by atoms with Crippen LogP contribution in [0.4, 0.5) is 0 Å². The highest BCUT2D eigenvalue weighted by Gasteiger charge is 2.38. The van der Waals surface area contributed by atoms with Crippen molar-refractivity contribution in [3.63, 3.8) is 0 Å². The van der Waals surface area contributed by atoms with Gasteiger partial charge in [0, 0.05) is 12.0 Å². The third-order valence-electron chi connectivity index (χ3n) is 3.32. The van der Waals surface area contributed by atoms with Gasteiger partial charge in [-0.15, -0.1) is 0 Å². The minimum Gasteiger partial charge on any atom is -0.465 e. The summed E-state index contributed by atoms with van der Waals surface area (Å²) < 4.78 is 4.61. The van der Waals surface area contributed by atoms with Crippen molar-refractivity contribution in [1.29, 1.82) is 0 Å². The number of hydroxylamine groups is 2. The minimum atomic E-state index is -0.418. The van der Waals surface area contributed by atoms with E-state index < -0.39 is 5.97 Å². The highest BCUT2D eigenvalue weighted by Crippen LogP contribution is 2.30. The largest absolute Gasteiger partial charge is 0.465 e. The number of ether oxygens (including phenoxy) is 1. The van der Waals surface area contributed by atoms with E-state index in [0.717, 1.165) is 6.42 Å². The van der Waals surface area contributed by atoms with E-state index in [1.54, 1.807) is 24.3 Å². The Kier molecular flexibility index (Phi) is 2.83. The van der Waals surface area contributed by atoms with Crippen molar-refractivity contribution in [3.8, 4) is 0 Å². The lowest BCUT2D eigenvalue weighted by Crippen LogP contribution is -2.34. The first-order chi connectivity index (χ1) is 9.19. The number of benzene rings is 1. The van der Waals surface area contributed by atoms with Crippen LogP contribution >= 0.6 is 0 Å². The number of carbonyl (C=O) groups is 2. The lowest BCUT2D eigenvalue weighted by molar-refractivity contribution is -0.114. The van der Waals surface area contributed by atoms with Crippen LogP contribution in [0.3, 0.4) is 0 Å². The van der Waals surface area contributed by atoms with E-state index in [1.807, 2.05) is 12.2 Å². The lowest BCUT2D eigenvalue weighted by Gasteiger charge is -2.22. The molecule has 0 unspecified atom stereocenters. The van der Waals surface area contributed by atoms with Crippen molar-refractivity contribution in [2.75, 3.05) is 7.11 Å². The zero-order valence-electron chi connectivity index (χ0n) is 10.4. The van der Waals surface area contributed by atoms with E-state index in [4.69, 9.17) is 4.84 Å². The third kappa shape index (κ3) is 2.02. The number of hydrogen-bond acceptors (Lipinski definition) is 4. The molecule has 1 aliphatic heterocycles. The van der Waals surface area contributed by atoms with Crippen molar-refractivity contribution in [1.82, 2.24) is 5.06 Å². The van der Waals surface area contributed by atoms with Gasteiger partial charge in [0.25, 0.3) is 5.91 Å². The number of nitrogens with zero attached hydrogens (tertiary/aromatic N) is 1. The van der Waals surface area contributed by atoms with E-state index in [-0.39, 0.29) is 18.1 Å². The smallest absolute Gasteiger partial charge is 0.337 e. The Morgan fingerprint density at radius 2 is 1.89 bits per heavy atom. The van der Waals surface area contributed by atoms with Crippen LogP contribution in [-0.4, -0.2) is 36.2 Å². The highest BCUT2D eigenvalue weighted by atomic mass is 16.7. The van der Waals surface area contributed by atoms with Crippen LogP contribution in [0.25, 0.3) is 0 Å². The molecule has 1 saturated heterocycles. The molecule has 5 nitrogen and oxygen atoms in total. The third-order valence-corrected chi connectivity index (χ3v) is 3.32. The van der Waals surface area contributed by atoms with Crippen LogP contribution in [0.2, 0.25) is 0 Å². The molecule has 1 heterocycles. The summed E-state index contributed by atoms with van der Waals surface area (Å²) in [5, 5.41) is 1.40. The van der Waals surface area contributed by atoms with Crippen molar-refractivity contribution in [3.05, 3.63) is 47.5 Å². The van der Waals surface area contributed by atoms with E-state index >= 15 is 0 Å². The molecular formula is C14H13NO4. The van der Waals surface area contributed by atoms with Crippen LogP contribution in [-0.2, 0) is 9.57 Å². The van der Waals surface area contributed by atoms with Crippen LogP contribution in [0, 0.1) is 0 Å². The van der Waals surface area contributed by atoms with E-state index in [1.165, 1.54) is 12.2 Å². The van der Waals surface area contributed by atoms with E-state index in [9.17, 15) is 9.59 Å². The van der Waals surface area contributed by atoms with Crippen molar-refractivity contribution in [2.24, 2.45) is 0 Å². The quantitative estimate of drug-likeness (QED) is 0.597. The molecule has 1 aromatic rings. The van der Waals surface area contributed by atoms with Gasteiger partial charge < -0.3 is 4.74 Å². The van der Waals surface area contributed by atoms with Gasteiger partial charge in [-0.25, -0.2) is 9.86 Å². The molecule has 0 aromatic heterocycles. The van der Waals surface area contributed by atoms with Crippen LogP contribution < -0.4 is 0 Å². The Balaban J connectivity index is 1.77. The van der Waals surface area contributed by atoms with Crippen molar-refractivity contribution < 1.29 is 19.2 Å². The van der Waals surface area contributed by atoms with Crippen molar-refractivity contribution >= 4 is 11.9 Å². The predicted molar refractivity (Wildman–Crippen MR) is 66.4 cm³/mol. The molecule has 0 radical (unpaired) electrons. The normalized spacial score (nSPS) is 23.7. The fourth-order valence-corrected chi connectivity index (χ4v) is 2.32. The average molecular weight is 259 g/mol. The summed E-state index contributed by atoms with van der Waals surface area (Å²) in [6.07, 6.45) is 4.79. The van der Waals surface area contributed by atoms with Gasteiger partial charge in [-0.1, -0.05) is 12.2 Å². The molecule has 5 heteroatoms. The van der Waals surface area contributed by atoms with Gasteiger partial charge in [0.1, 0.15) is 6.10 Å². The topological polar surface area (TPSA) is 55.8 Å². The van der Waals surface area contributed by atoms with Gasteiger partial charge in [0.05, 0.1) is 18.7 Å². The molecule has 98 valence electrons. The molecule has 2 aliphatic rings. The highest BCUT2D eigenvalue weighted by molar-refractivity contribution is 5.96. The summed E-state index contributed by atoms with van der Waals surface area (Å²) in [7, 11) is 1.32. The summed E-state index contributed by atoms with van der Waals surface area (Å²) in [6.45, 7) is 0. The number of rotatable bonds is 2. The zero-order chi connectivity index (χ0) is 13.4. The maximum absolute atomic E-state index is 12.2. The van der Waals surface area contributed by atoms with Crippen LogP contribution in [0.5, 0.6) is 0 Å². The maximum Gasteiger partial charge on any atom is 0.337 e. The zero-order valence-corrected chi connectivity index (χ0v) is 10.4. The maximum atomic E-state index is 12.2. The predicted octanol–water partition coefficient (Wildman–Crippen LogP) is 1.56. The van der Waals surface area contributed by atoms with E-state index in [0.29, 0.717) is 11.1 Å². The monoisotopic (exact) mass is 259 g/mol. The fourth-order valence-electron chi connectivity index (χ4n) is 2.32. The second-order valence-corrected chi connectivity index (χ2v) is 4.53. The molecule has 2 atom stereocenters. The molecule has 2 bridgehead atoms. The molecule has 1 fully saturated rings. The Morgan fingerprint density at radius 3 is 2.42 bits per heavy atom. The molecule has 0 spiro atoms. The Labute approximate surface area is 110 Å². The standard InChI is InChI=1S/C14H13NO4/c1-18-14(17)10-4-2-9(3-5-10)13(16)15-11-6-7-12(8-11)19-15/h2-7,11-12H,8H2,1H3/t11-,12+/m1/s1. The van der Waals surface area contributed by atoms with Gasteiger partial charge >= 0.3 is 5.97 Å². The summed E-state index contributed by atoms with van der Waals surface area (Å²) in [6, 6.07) is 6.38. The first kappa shape index (κ1) is 11.9. The summed E-state index contributed by atoms with van der Waals surface area (Å²) in [5.74, 6) is -0.605. The fraction of sp³-hybridized carbons (Fsp3) is 0.286. The Bertz CT molecular complexity index is 549. The Hall–Kier alpha value is -2.14. The Morgan fingerprint density at radius 1 is 1.21 bits per heavy atom. The number of amides is 1. The molecule has 1 aromatic carbocycles. The second kappa shape index (κ2) is 4.51. The molecule has 0 N–H and O–H groups in total. The number of fused-ring (bicyclic) bond motifs is 2. The first-order valence-electron chi connectivity index (χ1n) is 6.06. The first-order valence-corrected chi connectivity index (χ1v) is 6.06. The van der Waals surface area contributed by atoms with Gasteiger partial charge in [-0.2, -0.15) is 0 Å². The molecule has 0 saturated carbocycles. The SMILES string of the molecule is COC(=O)c1ccc(C(=O)N2O[C@H]3C=C[C@@H]2C3)cc1. The van der Waals surface area contributed by atoms with Gasteiger partial charge in [0.2, 0.25) is 0 Å². The molecular weight excluding hydrogens is 246 g/mol. The number of methoxy groups -OCH3 is 1. The second-order valence-electron chi connectivity index (χ2n) is 4.53. The summed E-state index contributed by atoms with van der Waals surface area (Å²) in [4.78, 5) is 29.0. The van der Waals surface area contributed by atoms with Gasteiger partial charge in [0.15, 0.2) is 0 Å². The lowest BCUT2D eigenvalue weighted by atomic mass is 10.1.